The normalized spacial score (nSPS) is 16.3. The van der Waals surface area contributed by atoms with Crippen molar-refractivity contribution in [1.29, 1.82) is 0 Å². The molecule has 92 valence electrons. The molecule has 2 heterocycles. The standard InChI is InChI=1S/C10H11NO5S/c1-15-10(12)7-2-3-11-9(4-7)17(13,14)8-5-16-6-8/h2-4,8H,5-6H2,1H3. The molecule has 0 unspecified atom stereocenters. The lowest BCUT2D eigenvalue weighted by atomic mass is 10.3. The monoisotopic (exact) mass is 257 g/mol. The second-order valence-electron chi connectivity index (χ2n) is 3.58. The predicted molar refractivity (Wildman–Crippen MR) is 57.4 cm³/mol. The number of esters is 1. The maximum atomic E-state index is 12.0. The average molecular weight is 257 g/mol. The van der Waals surface area contributed by atoms with Crippen LogP contribution in [0, 0.1) is 0 Å². The first-order valence-electron chi connectivity index (χ1n) is 4.91. The van der Waals surface area contributed by atoms with Crippen molar-refractivity contribution >= 4 is 15.8 Å². The number of carbonyl (C=O) groups excluding carboxylic acids is 1. The van der Waals surface area contributed by atoms with E-state index in [1.54, 1.807) is 0 Å². The number of carbonyl (C=O) groups is 1. The Morgan fingerprint density at radius 3 is 2.76 bits per heavy atom. The number of nitrogens with zero attached hydrogens (tertiary/aromatic N) is 1. The summed E-state index contributed by atoms with van der Waals surface area (Å²) in [4.78, 5) is 15.1. The van der Waals surface area contributed by atoms with Crippen LogP contribution in [0.1, 0.15) is 10.4 Å². The molecule has 1 aromatic heterocycles. The van der Waals surface area contributed by atoms with Crippen LogP contribution in [0.25, 0.3) is 0 Å². The van der Waals surface area contributed by atoms with Crippen molar-refractivity contribution in [2.45, 2.75) is 10.3 Å². The molecule has 0 amide bonds. The molecule has 0 atom stereocenters. The largest absolute Gasteiger partial charge is 0.465 e. The third-order valence-corrected chi connectivity index (χ3v) is 4.45. The Bertz CT molecular complexity index is 535. The molecule has 1 fully saturated rings. The second-order valence-corrected chi connectivity index (χ2v) is 5.75. The topological polar surface area (TPSA) is 82.6 Å². The van der Waals surface area contributed by atoms with Crippen LogP contribution >= 0.6 is 0 Å². The summed E-state index contributed by atoms with van der Waals surface area (Å²) in [6.45, 7) is 0.346. The van der Waals surface area contributed by atoms with Gasteiger partial charge in [0.2, 0.25) is 9.84 Å². The van der Waals surface area contributed by atoms with E-state index in [0.29, 0.717) is 0 Å². The molecular weight excluding hydrogens is 246 g/mol. The first-order chi connectivity index (χ1) is 8.05. The van der Waals surface area contributed by atoms with Crippen molar-refractivity contribution in [3.05, 3.63) is 23.9 Å². The van der Waals surface area contributed by atoms with Crippen molar-refractivity contribution in [3.63, 3.8) is 0 Å². The van der Waals surface area contributed by atoms with Crippen molar-refractivity contribution in [2.24, 2.45) is 0 Å². The highest BCUT2D eigenvalue weighted by Crippen LogP contribution is 2.20. The number of rotatable bonds is 3. The summed E-state index contributed by atoms with van der Waals surface area (Å²) >= 11 is 0. The van der Waals surface area contributed by atoms with Crippen molar-refractivity contribution in [3.8, 4) is 0 Å². The van der Waals surface area contributed by atoms with Crippen LogP contribution in [0.2, 0.25) is 0 Å². The quantitative estimate of drug-likeness (QED) is 0.711. The first kappa shape index (κ1) is 12.0. The van der Waals surface area contributed by atoms with Gasteiger partial charge in [0.1, 0.15) is 5.25 Å². The Balaban J connectivity index is 2.36. The maximum Gasteiger partial charge on any atom is 0.338 e. The zero-order valence-electron chi connectivity index (χ0n) is 9.12. The highest BCUT2D eigenvalue weighted by Gasteiger charge is 2.35. The van der Waals surface area contributed by atoms with Gasteiger partial charge in [0.15, 0.2) is 5.03 Å². The van der Waals surface area contributed by atoms with Gasteiger partial charge in [0.05, 0.1) is 25.9 Å². The van der Waals surface area contributed by atoms with Crippen LogP contribution in [0.3, 0.4) is 0 Å². The van der Waals surface area contributed by atoms with Gasteiger partial charge in [-0.1, -0.05) is 0 Å². The van der Waals surface area contributed by atoms with Gasteiger partial charge in [-0.2, -0.15) is 0 Å². The number of hydrogen-bond donors (Lipinski definition) is 0. The third-order valence-electron chi connectivity index (χ3n) is 2.49. The summed E-state index contributed by atoms with van der Waals surface area (Å²) < 4.78 is 33.3. The van der Waals surface area contributed by atoms with Crippen LogP contribution in [0.15, 0.2) is 23.4 Å². The zero-order valence-corrected chi connectivity index (χ0v) is 9.94. The van der Waals surface area contributed by atoms with E-state index in [-0.39, 0.29) is 23.8 Å². The Morgan fingerprint density at radius 1 is 1.53 bits per heavy atom. The average Bonchev–Trinajstić information content (AvgIpc) is 2.25. The molecule has 0 aromatic carbocycles. The lowest BCUT2D eigenvalue weighted by Crippen LogP contribution is -2.41. The molecule has 0 bridgehead atoms. The number of sulfone groups is 1. The highest BCUT2D eigenvalue weighted by molar-refractivity contribution is 7.92. The minimum absolute atomic E-state index is 0.117. The van der Waals surface area contributed by atoms with Crippen LogP contribution in [-0.2, 0) is 19.3 Å². The molecule has 1 aliphatic rings. The lowest BCUT2D eigenvalue weighted by Gasteiger charge is -2.25. The molecular formula is C10H11NO5S. The van der Waals surface area contributed by atoms with E-state index < -0.39 is 21.1 Å². The van der Waals surface area contributed by atoms with Crippen molar-refractivity contribution in [1.82, 2.24) is 4.98 Å². The number of pyridine rings is 1. The Morgan fingerprint density at radius 2 is 2.24 bits per heavy atom. The van der Waals surface area contributed by atoms with Gasteiger partial charge in [-0.25, -0.2) is 18.2 Å². The molecule has 0 radical (unpaired) electrons. The number of aromatic nitrogens is 1. The fourth-order valence-corrected chi connectivity index (χ4v) is 2.77. The molecule has 0 spiro atoms. The summed E-state index contributed by atoms with van der Waals surface area (Å²) in [6.07, 6.45) is 1.28. The second kappa shape index (κ2) is 4.42. The van der Waals surface area contributed by atoms with E-state index in [2.05, 4.69) is 9.72 Å². The summed E-state index contributed by atoms with van der Waals surface area (Å²) in [5.41, 5.74) is 0.168. The molecule has 0 saturated carbocycles. The zero-order chi connectivity index (χ0) is 12.5. The molecule has 2 rings (SSSR count). The summed E-state index contributed by atoms with van der Waals surface area (Å²) in [5.74, 6) is -0.589. The van der Waals surface area contributed by atoms with E-state index in [4.69, 9.17) is 4.74 Å². The molecule has 1 aromatic rings. The minimum atomic E-state index is -3.51. The van der Waals surface area contributed by atoms with E-state index in [0.717, 1.165) is 0 Å². The Hall–Kier alpha value is -1.47. The van der Waals surface area contributed by atoms with Gasteiger partial charge in [-0.3, -0.25) is 0 Å². The van der Waals surface area contributed by atoms with Crippen LogP contribution in [-0.4, -0.2) is 44.9 Å². The fraction of sp³-hybridized carbons (Fsp3) is 0.400. The number of methoxy groups -OCH3 is 1. The molecule has 17 heavy (non-hydrogen) atoms. The van der Waals surface area contributed by atoms with Gasteiger partial charge in [0, 0.05) is 6.20 Å². The van der Waals surface area contributed by atoms with Crippen LogP contribution in [0.5, 0.6) is 0 Å². The molecule has 0 N–H and O–H groups in total. The minimum Gasteiger partial charge on any atom is -0.465 e. The summed E-state index contributed by atoms with van der Waals surface area (Å²) in [5, 5.41) is -0.684. The highest BCUT2D eigenvalue weighted by atomic mass is 32.2. The predicted octanol–water partition coefficient (Wildman–Crippen LogP) is 0.0407. The fourth-order valence-electron chi connectivity index (χ4n) is 1.37. The van der Waals surface area contributed by atoms with E-state index in [1.165, 1.54) is 25.4 Å². The number of hydrogen-bond acceptors (Lipinski definition) is 6. The van der Waals surface area contributed by atoms with Gasteiger partial charge in [-0.05, 0) is 12.1 Å². The number of ether oxygens (including phenoxy) is 2. The van der Waals surface area contributed by atoms with Crippen molar-refractivity contribution < 1.29 is 22.7 Å². The SMILES string of the molecule is COC(=O)c1ccnc(S(=O)(=O)C2COC2)c1. The third kappa shape index (κ3) is 2.16. The van der Waals surface area contributed by atoms with Crippen LogP contribution < -0.4 is 0 Å². The van der Waals surface area contributed by atoms with Crippen molar-refractivity contribution in [2.75, 3.05) is 20.3 Å². The summed E-state index contributed by atoms with van der Waals surface area (Å²) in [7, 11) is -2.28. The van der Waals surface area contributed by atoms with Gasteiger partial charge < -0.3 is 9.47 Å². The van der Waals surface area contributed by atoms with E-state index >= 15 is 0 Å². The van der Waals surface area contributed by atoms with Gasteiger partial charge in [0.25, 0.3) is 0 Å². The smallest absolute Gasteiger partial charge is 0.338 e. The molecule has 1 saturated heterocycles. The molecule has 1 aliphatic heterocycles. The Labute approximate surface area is 98.5 Å². The van der Waals surface area contributed by atoms with Gasteiger partial charge in [-0.15, -0.1) is 0 Å². The van der Waals surface area contributed by atoms with Gasteiger partial charge >= 0.3 is 5.97 Å². The molecule has 0 aliphatic carbocycles. The van der Waals surface area contributed by atoms with E-state index in [1.807, 2.05) is 0 Å². The van der Waals surface area contributed by atoms with Crippen LogP contribution in [0.4, 0.5) is 0 Å². The molecule has 6 nitrogen and oxygen atoms in total. The first-order valence-corrected chi connectivity index (χ1v) is 6.46. The summed E-state index contributed by atoms with van der Waals surface area (Å²) in [6, 6.07) is 2.63. The maximum absolute atomic E-state index is 12.0. The van der Waals surface area contributed by atoms with E-state index in [9.17, 15) is 13.2 Å². The Kier molecular flexibility index (Phi) is 3.12. The molecule has 7 heteroatoms. The lowest BCUT2D eigenvalue weighted by molar-refractivity contribution is 0.0415.